The molecule has 32 heavy (non-hydrogen) atoms. The Morgan fingerprint density at radius 3 is 2.53 bits per heavy atom. The lowest BCUT2D eigenvalue weighted by Crippen LogP contribution is -2.32. The number of hydrogen-bond acceptors (Lipinski definition) is 11. The van der Waals surface area contributed by atoms with E-state index >= 15 is 0 Å². The van der Waals surface area contributed by atoms with Gasteiger partial charge < -0.3 is 21.9 Å². The van der Waals surface area contributed by atoms with Gasteiger partial charge in [-0.15, -0.1) is 0 Å². The highest BCUT2D eigenvalue weighted by Gasteiger charge is 2.31. The number of guanidine groups is 1. The summed E-state index contributed by atoms with van der Waals surface area (Å²) in [5, 5.41) is 42.7. The van der Waals surface area contributed by atoms with Crippen molar-refractivity contribution in [1.29, 1.82) is 10.5 Å². The van der Waals surface area contributed by atoms with Crippen LogP contribution in [0.25, 0.3) is 0 Å². The van der Waals surface area contributed by atoms with Gasteiger partial charge in [-0.2, -0.15) is 20.8 Å². The Kier molecular flexibility index (Phi) is 5.22. The molecule has 1 atom stereocenters. The summed E-state index contributed by atoms with van der Waals surface area (Å²) in [6.07, 6.45) is 1.77. The molecule has 7 N–H and O–H groups in total. The molecular formula is C21H16N10O. The predicted octanol–water partition coefficient (Wildman–Crippen LogP) is 3.18. The zero-order valence-corrected chi connectivity index (χ0v) is 16.5. The molecule has 2 heterocycles. The molecule has 0 fully saturated rings. The van der Waals surface area contributed by atoms with Crippen molar-refractivity contribution in [1.82, 2.24) is 10.3 Å². The van der Waals surface area contributed by atoms with E-state index in [4.69, 9.17) is 16.7 Å². The molecule has 0 amide bonds. The Morgan fingerprint density at radius 1 is 1.06 bits per heavy atom. The van der Waals surface area contributed by atoms with E-state index in [1.165, 1.54) is 6.07 Å². The summed E-state index contributed by atoms with van der Waals surface area (Å²) in [5.74, 6) is 0.142. The van der Waals surface area contributed by atoms with Crippen molar-refractivity contribution in [2.24, 2.45) is 15.2 Å². The second-order valence-electron chi connectivity index (χ2n) is 6.68. The molecule has 1 aromatic heterocycles. The molecule has 0 spiro atoms. The summed E-state index contributed by atoms with van der Waals surface area (Å²) in [4.78, 5) is 8.63. The minimum Gasteiger partial charge on any atom is -0.508 e. The topological polar surface area (TPSA) is 194 Å². The molecule has 1 aliphatic rings. The second kappa shape index (κ2) is 8.30. The monoisotopic (exact) mass is 424 g/mol. The Hall–Kier alpha value is -5.16. The minimum absolute atomic E-state index is 0.00171. The fourth-order valence-corrected chi connectivity index (χ4v) is 3.24. The highest BCUT2D eigenvalue weighted by molar-refractivity contribution is 5.98. The normalized spacial score (nSPS) is 14.6. The van der Waals surface area contributed by atoms with Gasteiger partial charge in [-0.05, 0) is 30.3 Å². The largest absolute Gasteiger partial charge is 0.508 e. The van der Waals surface area contributed by atoms with Crippen molar-refractivity contribution in [2.45, 2.75) is 6.04 Å². The molecule has 11 nitrogen and oxygen atoms in total. The van der Waals surface area contributed by atoms with Gasteiger partial charge in [0.15, 0.2) is 6.19 Å². The summed E-state index contributed by atoms with van der Waals surface area (Å²) >= 11 is 0. The van der Waals surface area contributed by atoms with Crippen molar-refractivity contribution in [3.63, 3.8) is 0 Å². The molecule has 1 aliphatic heterocycles. The zero-order chi connectivity index (χ0) is 22.7. The standard InChI is InChI=1S/C21H16N10O/c22-9-14-17(24)16-18(27-21(26-10-23)29-20(16)28-19(14)25)13-8-12(6-7-15(13)32)31-30-11-4-2-1-3-5-11/h1-8,18,32H,(H6,24,25,26,27,28,29). The van der Waals surface area contributed by atoms with E-state index in [0.717, 1.165) is 0 Å². The number of anilines is 3. The number of nitrogens with two attached hydrogens (primary N) is 2. The van der Waals surface area contributed by atoms with Crippen LogP contribution in [-0.4, -0.2) is 16.1 Å². The van der Waals surface area contributed by atoms with Gasteiger partial charge in [0.2, 0.25) is 5.96 Å². The van der Waals surface area contributed by atoms with Crippen LogP contribution in [0.4, 0.5) is 28.7 Å². The van der Waals surface area contributed by atoms with E-state index in [0.29, 0.717) is 22.5 Å². The van der Waals surface area contributed by atoms with E-state index in [2.05, 4.69) is 30.8 Å². The fraction of sp³-hybridized carbons (Fsp3) is 0.0476. The molecule has 0 radical (unpaired) electrons. The van der Waals surface area contributed by atoms with Crippen molar-refractivity contribution in [2.75, 3.05) is 16.8 Å². The van der Waals surface area contributed by atoms with Crippen molar-refractivity contribution < 1.29 is 5.11 Å². The molecule has 2 aromatic carbocycles. The van der Waals surface area contributed by atoms with Gasteiger partial charge in [0.05, 0.1) is 17.1 Å². The third kappa shape index (κ3) is 3.69. The lowest BCUT2D eigenvalue weighted by Gasteiger charge is -2.26. The van der Waals surface area contributed by atoms with Crippen LogP contribution in [0.15, 0.2) is 63.8 Å². The van der Waals surface area contributed by atoms with Crippen molar-refractivity contribution in [3.05, 3.63) is 65.2 Å². The Bertz CT molecular complexity index is 1340. The number of aliphatic imine (C=N–C) groups is 1. The SMILES string of the molecule is N#CNC1=NC(c2cc(N=Nc3ccccc3)ccc2O)c2c(nc(N)c(C#N)c2N)N1. The van der Waals surface area contributed by atoms with Gasteiger partial charge in [-0.1, -0.05) is 18.2 Å². The summed E-state index contributed by atoms with van der Waals surface area (Å²) < 4.78 is 0. The number of benzene rings is 2. The third-order valence-corrected chi connectivity index (χ3v) is 4.70. The maximum Gasteiger partial charge on any atom is 0.211 e. The summed E-state index contributed by atoms with van der Waals surface area (Å²) in [7, 11) is 0. The predicted molar refractivity (Wildman–Crippen MR) is 118 cm³/mol. The molecule has 1 unspecified atom stereocenters. The number of nitrogens with zero attached hydrogens (tertiary/aromatic N) is 6. The number of rotatable bonds is 3. The first-order valence-electron chi connectivity index (χ1n) is 9.30. The van der Waals surface area contributed by atoms with E-state index in [1.807, 2.05) is 24.3 Å². The number of phenolic OH excluding ortho intramolecular Hbond substituents is 1. The Balaban J connectivity index is 1.84. The van der Waals surface area contributed by atoms with E-state index in [-0.39, 0.29) is 34.6 Å². The number of aromatic hydroxyl groups is 1. The molecule has 156 valence electrons. The van der Waals surface area contributed by atoms with Crippen LogP contribution in [0.2, 0.25) is 0 Å². The minimum atomic E-state index is -0.894. The van der Waals surface area contributed by atoms with Crippen LogP contribution in [-0.2, 0) is 0 Å². The van der Waals surface area contributed by atoms with Gasteiger partial charge in [0, 0.05) is 11.1 Å². The Morgan fingerprint density at radius 2 is 1.81 bits per heavy atom. The highest BCUT2D eigenvalue weighted by Crippen LogP contribution is 2.43. The van der Waals surface area contributed by atoms with Gasteiger partial charge in [-0.3, -0.25) is 5.32 Å². The van der Waals surface area contributed by atoms with Crippen molar-refractivity contribution in [3.8, 4) is 18.0 Å². The average Bonchev–Trinajstić information content (AvgIpc) is 2.79. The van der Waals surface area contributed by atoms with Crippen LogP contribution in [0.3, 0.4) is 0 Å². The summed E-state index contributed by atoms with van der Waals surface area (Å²) in [6.45, 7) is 0. The number of nitriles is 2. The number of phenols is 1. The fourth-order valence-electron chi connectivity index (χ4n) is 3.24. The average molecular weight is 424 g/mol. The van der Waals surface area contributed by atoms with Gasteiger partial charge in [0.25, 0.3) is 0 Å². The smallest absolute Gasteiger partial charge is 0.211 e. The lowest BCUT2D eigenvalue weighted by molar-refractivity contribution is 0.465. The number of aromatic nitrogens is 1. The molecule has 0 saturated carbocycles. The number of nitrogen functional groups attached to an aromatic ring is 2. The molecule has 4 rings (SSSR count). The van der Waals surface area contributed by atoms with Gasteiger partial charge in [0.1, 0.15) is 35.1 Å². The maximum atomic E-state index is 10.6. The number of fused-ring (bicyclic) bond motifs is 1. The van der Waals surface area contributed by atoms with Crippen LogP contribution in [0.5, 0.6) is 5.75 Å². The summed E-state index contributed by atoms with van der Waals surface area (Å²) in [6, 6.07) is 14.8. The maximum absolute atomic E-state index is 10.6. The molecule has 0 aliphatic carbocycles. The van der Waals surface area contributed by atoms with Crippen molar-refractivity contribution >= 4 is 34.7 Å². The molecule has 0 saturated heterocycles. The first kappa shape index (κ1) is 20.1. The molecular weight excluding hydrogens is 408 g/mol. The number of azo groups is 1. The van der Waals surface area contributed by atoms with Crippen LogP contribution in [0, 0.1) is 22.8 Å². The van der Waals surface area contributed by atoms with Crippen LogP contribution < -0.4 is 22.1 Å². The van der Waals surface area contributed by atoms with E-state index < -0.39 is 6.04 Å². The highest BCUT2D eigenvalue weighted by atomic mass is 16.3. The molecule has 0 bridgehead atoms. The molecule has 11 heteroatoms. The number of pyridine rings is 1. The molecule has 3 aromatic rings. The van der Waals surface area contributed by atoms with Crippen LogP contribution in [0.1, 0.15) is 22.7 Å². The third-order valence-electron chi connectivity index (χ3n) is 4.70. The van der Waals surface area contributed by atoms with E-state index in [1.54, 1.807) is 30.5 Å². The quantitative estimate of drug-likeness (QED) is 0.240. The zero-order valence-electron chi connectivity index (χ0n) is 16.5. The number of hydrogen-bond donors (Lipinski definition) is 5. The van der Waals surface area contributed by atoms with E-state index in [9.17, 15) is 10.4 Å². The second-order valence-corrected chi connectivity index (χ2v) is 6.68. The Labute approximate surface area is 182 Å². The first-order valence-corrected chi connectivity index (χ1v) is 9.30. The van der Waals surface area contributed by atoms with Gasteiger partial charge in [-0.25, -0.2) is 9.98 Å². The van der Waals surface area contributed by atoms with Crippen LogP contribution >= 0.6 is 0 Å². The first-order chi connectivity index (χ1) is 15.5. The lowest BCUT2D eigenvalue weighted by atomic mass is 9.94. The number of nitrogens with one attached hydrogen (secondary N) is 2. The van der Waals surface area contributed by atoms with Gasteiger partial charge >= 0.3 is 0 Å². The summed E-state index contributed by atoms with van der Waals surface area (Å²) in [5.41, 5.74) is 13.9.